The summed E-state index contributed by atoms with van der Waals surface area (Å²) >= 11 is 0. The number of aliphatic hydroxyl groups is 1. The van der Waals surface area contributed by atoms with E-state index in [2.05, 4.69) is 20.8 Å². The predicted octanol–water partition coefficient (Wildman–Crippen LogP) is 0.722. The van der Waals surface area contributed by atoms with Crippen molar-refractivity contribution in [1.82, 2.24) is 25.5 Å². The molecule has 2 rings (SSSR count). The van der Waals surface area contributed by atoms with Crippen molar-refractivity contribution < 1.29 is 14.3 Å². The van der Waals surface area contributed by atoms with Crippen LogP contribution in [0.5, 0.6) is 0 Å². The molecule has 120 valence electrons. The molecule has 0 aliphatic heterocycles. The van der Waals surface area contributed by atoms with E-state index in [1.54, 1.807) is 26.0 Å². The van der Waals surface area contributed by atoms with Gasteiger partial charge in [-0.25, -0.2) is 4.68 Å². The normalized spacial score (nSPS) is 14.1. The number of hydrogen-bond donors (Lipinski definition) is 2. The number of nitrogens with one attached hydrogen (secondary N) is 1. The van der Waals surface area contributed by atoms with Crippen LogP contribution in [0, 0.1) is 6.92 Å². The van der Waals surface area contributed by atoms with Gasteiger partial charge in [-0.3, -0.25) is 4.79 Å². The molecule has 2 N–H and O–H groups in total. The van der Waals surface area contributed by atoms with Crippen LogP contribution in [0.3, 0.4) is 0 Å². The first-order chi connectivity index (χ1) is 10.3. The molecule has 0 aromatic carbocycles. The van der Waals surface area contributed by atoms with Crippen LogP contribution in [0.15, 0.2) is 16.5 Å². The van der Waals surface area contributed by atoms with Gasteiger partial charge in [-0.15, -0.1) is 5.10 Å². The van der Waals surface area contributed by atoms with Crippen molar-refractivity contribution in [3.8, 4) is 0 Å². The molecule has 22 heavy (non-hydrogen) atoms. The van der Waals surface area contributed by atoms with Gasteiger partial charge in [0.25, 0.3) is 0 Å². The first-order valence-corrected chi connectivity index (χ1v) is 7.11. The van der Waals surface area contributed by atoms with Crippen molar-refractivity contribution in [2.45, 2.75) is 45.8 Å². The second-order valence-corrected chi connectivity index (χ2v) is 5.81. The standard InChI is InChI=1S/C14H21N5O3/c1-9(2)13-16-17-18-19(13)7-12(20)15-8-14(4,21)11-6-5-10(3)22-11/h5-6,9,21H,7-8H2,1-4H3,(H,15,20). The zero-order chi connectivity index (χ0) is 16.3. The number of carbonyl (C=O) groups excluding carboxylic acids is 1. The summed E-state index contributed by atoms with van der Waals surface area (Å²) in [5.74, 6) is 1.60. The lowest BCUT2D eigenvalue weighted by molar-refractivity contribution is -0.123. The van der Waals surface area contributed by atoms with Crippen molar-refractivity contribution in [1.29, 1.82) is 0 Å². The van der Waals surface area contributed by atoms with E-state index in [4.69, 9.17) is 4.42 Å². The van der Waals surface area contributed by atoms with Crippen LogP contribution in [0.25, 0.3) is 0 Å². The summed E-state index contributed by atoms with van der Waals surface area (Å²) in [6.07, 6.45) is 0. The minimum Gasteiger partial charge on any atom is -0.463 e. The molecular weight excluding hydrogens is 286 g/mol. The van der Waals surface area contributed by atoms with Gasteiger partial charge in [0.05, 0.1) is 6.54 Å². The molecule has 0 spiro atoms. The summed E-state index contributed by atoms with van der Waals surface area (Å²) in [5.41, 5.74) is -1.27. The van der Waals surface area contributed by atoms with E-state index in [9.17, 15) is 9.90 Å². The third-order valence-corrected chi connectivity index (χ3v) is 3.27. The Morgan fingerprint density at radius 2 is 2.23 bits per heavy atom. The number of rotatable bonds is 6. The van der Waals surface area contributed by atoms with E-state index < -0.39 is 5.60 Å². The Labute approximate surface area is 128 Å². The van der Waals surface area contributed by atoms with Gasteiger partial charge in [0.2, 0.25) is 5.91 Å². The fraction of sp³-hybridized carbons (Fsp3) is 0.571. The lowest BCUT2D eigenvalue weighted by atomic mass is 10.0. The second-order valence-electron chi connectivity index (χ2n) is 5.81. The van der Waals surface area contributed by atoms with Gasteiger partial charge >= 0.3 is 0 Å². The Morgan fingerprint density at radius 1 is 1.50 bits per heavy atom. The number of nitrogens with zero attached hydrogens (tertiary/aromatic N) is 4. The van der Waals surface area contributed by atoms with E-state index in [-0.39, 0.29) is 24.9 Å². The molecule has 0 bridgehead atoms. The summed E-state index contributed by atoms with van der Waals surface area (Å²) in [6.45, 7) is 7.32. The number of hydrogen-bond acceptors (Lipinski definition) is 6. The van der Waals surface area contributed by atoms with Gasteiger partial charge in [0.15, 0.2) is 5.82 Å². The van der Waals surface area contributed by atoms with Gasteiger partial charge in [-0.05, 0) is 36.4 Å². The van der Waals surface area contributed by atoms with Crippen molar-refractivity contribution in [3.05, 3.63) is 29.5 Å². The lowest BCUT2D eigenvalue weighted by Gasteiger charge is -2.21. The maximum absolute atomic E-state index is 12.0. The third kappa shape index (κ3) is 3.70. The monoisotopic (exact) mass is 307 g/mol. The minimum absolute atomic E-state index is 0.00771. The molecule has 0 radical (unpaired) electrons. The smallest absolute Gasteiger partial charge is 0.241 e. The molecule has 0 saturated heterocycles. The van der Waals surface area contributed by atoms with Crippen LogP contribution in [-0.4, -0.2) is 37.8 Å². The Balaban J connectivity index is 1.94. The Bertz CT molecular complexity index is 644. The highest BCUT2D eigenvalue weighted by molar-refractivity contribution is 5.75. The van der Waals surface area contributed by atoms with E-state index >= 15 is 0 Å². The van der Waals surface area contributed by atoms with Crippen LogP contribution in [0.1, 0.15) is 44.0 Å². The molecule has 1 unspecified atom stereocenters. The highest BCUT2D eigenvalue weighted by Gasteiger charge is 2.27. The van der Waals surface area contributed by atoms with Gasteiger partial charge in [-0.1, -0.05) is 13.8 Å². The molecule has 0 aliphatic rings. The van der Waals surface area contributed by atoms with Crippen molar-refractivity contribution >= 4 is 5.91 Å². The SMILES string of the molecule is Cc1ccc(C(C)(O)CNC(=O)Cn2nnnc2C(C)C)o1. The van der Waals surface area contributed by atoms with Gasteiger partial charge < -0.3 is 14.8 Å². The van der Waals surface area contributed by atoms with E-state index in [0.29, 0.717) is 17.3 Å². The number of carbonyl (C=O) groups is 1. The largest absolute Gasteiger partial charge is 0.463 e. The van der Waals surface area contributed by atoms with Crippen molar-refractivity contribution in [3.63, 3.8) is 0 Å². The predicted molar refractivity (Wildman–Crippen MR) is 77.9 cm³/mol. The summed E-state index contributed by atoms with van der Waals surface area (Å²) in [6, 6.07) is 3.46. The summed E-state index contributed by atoms with van der Waals surface area (Å²) in [5, 5.41) is 24.3. The summed E-state index contributed by atoms with van der Waals surface area (Å²) < 4.78 is 6.85. The molecule has 2 aromatic heterocycles. The minimum atomic E-state index is -1.27. The molecule has 0 aliphatic carbocycles. The second kappa shape index (κ2) is 6.27. The molecule has 8 heteroatoms. The molecule has 1 amide bonds. The lowest BCUT2D eigenvalue weighted by Crippen LogP contribution is -2.40. The number of aromatic nitrogens is 4. The molecule has 2 aromatic rings. The molecule has 8 nitrogen and oxygen atoms in total. The third-order valence-electron chi connectivity index (χ3n) is 3.27. The first kappa shape index (κ1) is 16.2. The zero-order valence-electron chi connectivity index (χ0n) is 13.2. The molecule has 0 fully saturated rings. The Morgan fingerprint density at radius 3 is 2.82 bits per heavy atom. The number of amides is 1. The fourth-order valence-corrected chi connectivity index (χ4v) is 2.01. The van der Waals surface area contributed by atoms with E-state index in [1.807, 2.05) is 13.8 Å². The molecule has 2 heterocycles. The Hall–Kier alpha value is -2.22. The van der Waals surface area contributed by atoms with Crippen molar-refractivity contribution in [2.24, 2.45) is 0 Å². The number of tetrazole rings is 1. The average Bonchev–Trinajstić information content (AvgIpc) is 3.06. The first-order valence-electron chi connectivity index (χ1n) is 7.11. The van der Waals surface area contributed by atoms with E-state index in [1.165, 1.54) is 4.68 Å². The summed E-state index contributed by atoms with van der Waals surface area (Å²) in [4.78, 5) is 12.0. The average molecular weight is 307 g/mol. The van der Waals surface area contributed by atoms with Gasteiger partial charge in [-0.2, -0.15) is 0 Å². The molecular formula is C14H21N5O3. The van der Waals surface area contributed by atoms with Crippen LogP contribution in [-0.2, 0) is 16.9 Å². The quantitative estimate of drug-likeness (QED) is 0.814. The maximum atomic E-state index is 12.0. The topological polar surface area (TPSA) is 106 Å². The molecule has 0 saturated carbocycles. The van der Waals surface area contributed by atoms with Crippen LogP contribution in [0.4, 0.5) is 0 Å². The van der Waals surface area contributed by atoms with Crippen LogP contribution >= 0.6 is 0 Å². The van der Waals surface area contributed by atoms with E-state index in [0.717, 1.165) is 0 Å². The van der Waals surface area contributed by atoms with Crippen molar-refractivity contribution in [2.75, 3.05) is 6.54 Å². The Kier molecular flexibility index (Phi) is 4.60. The van der Waals surface area contributed by atoms with Gasteiger partial charge in [0.1, 0.15) is 23.7 Å². The fourth-order valence-electron chi connectivity index (χ4n) is 2.01. The highest BCUT2D eigenvalue weighted by Crippen LogP contribution is 2.21. The van der Waals surface area contributed by atoms with Crippen LogP contribution in [0.2, 0.25) is 0 Å². The summed E-state index contributed by atoms with van der Waals surface area (Å²) in [7, 11) is 0. The maximum Gasteiger partial charge on any atom is 0.241 e. The number of aryl methyl sites for hydroxylation is 1. The highest BCUT2D eigenvalue weighted by atomic mass is 16.4. The van der Waals surface area contributed by atoms with Gasteiger partial charge in [0, 0.05) is 5.92 Å². The number of furan rings is 1. The van der Waals surface area contributed by atoms with Crippen LogP contribution < -0.4 is 5.32 Å². The zero-order valence-corrected chi connectivity index (χ0v) is 13.2. The molecule has 1 atom stereocenters.